The van der Waals surface area contributed by atoms with Crippen LogP contribution in [0.15, 0.2) is 5.38 Å². The normalized spacial score (nSPS) is 11.6. The lowest BCUT2D eigenvalue weighted by Gasteiger charge is -2.01. The zero-order valence-electron chi connectivity index (χ0n) is 7.86. The maximum atomic E-state index is 11.3. The molecule has 0 amide bonds. The van der Waals surface area contributed by atoms with E-state index in [0.717, 1.165) is 0 Å². The third-order valence-electron chi connectivity index (χ3n) is 1.48. The van der Waals surface area contributed by atoms with Crippen LogP contribution in [-0.2, 0) is 16.6 Å². The van der Waals surface area contributed by atoms with Gasteiger partial charge in [0.2, 0.25) is 10.0 Å². The third kappa shape index (κ3) is 3.24. The van der Waals surface area contributed by atoms with Crippen molar-refractivity contribution < 1.29 is 8.42 Å². The van der Waals surface area contributed by atoms with Gasteiger partial charge >= 0.3 is 0 Å². The van der Waals surface area contributed by atoms with Crippen LogP contribution in [-0.4, -0.2) is 19.2 Å². The minimum Gasteiger partial charge on any atom is -0.325 e. The lowest BCUT2D eigenvalue weighted by atomic mass is 10.5. The summed E-state index contributed by atoms with van der Waals surface area (Å²) in [6.45, 7) is 2.14. The Labute approximate surface area is 87.4 Å². The highest BCUT2D eigenvalue weighted by Crippen LogP contribution is 2.16. The average molecular weight is 235 g/mol. The van der Waals surface area contributed by atoms with Crippen LogP contribution in [0, 0.1) is 0 Å². The summed E-state index contributed by atoms with van der Waals surface area (Å²) in [7, 11) is -3.22. The van der Waals surface area contributed by atoms with Crippen LogP contribution in [0.5, 0.6) is 0 Å². The molecule has 80 valence electrons. The predicted molar refractivity (Wildman–Crippen MR) is 57.7 cm³/mol. The summed E-state index contributed by atoms with van der Waals surface area (Å²) in [5.41, 5.74) is 6.05. The molecule has 0 saturated carbocycles. The van der Waals surface area contributed by atoms with Crippen LogP contribution in [0.25, 0.3) is 0 Å². The summed E-state index contributed by atoms with van der Waals surface area (Å²) >= 11 is 1.25. The maximum Gasteiger partial charge on any atom is 0.234 e. The molecule has 7 heteroatoms. The van der Waals surface area contributed by atoms with Crippen LogP contribution >= 0.6 is 11.3 Å². The molecule has 0 spiro atoms. The molecule has 1 heterocycles. The summed E-state index contributed by atoms with van der Waals surface area (Å²) in [5.74, 6) is 0.116. The molecular weight excluding hydrogens is 222 g/mol. The van der Waals surface area contributed by atoms with Crippen LogP contribution in [0.4, 0.5) is 5.13 Å². The number of sulfonamides is 1. The molecule has 3 N–H and O–H groups in total. The van der Waals surface area contributed by atoms with Gasteiger partial charge in [-0.1, -0.05) is 6.92 Å². The number of nitrogens with two attached hydrogens (primary N) is 1. The van der Waals surface area contributed by atoms with Gasteiger partial charge in [-0.3, -0.25) is 4.72 Å². The van der Waals surface area contributed by atoms with Gasteiger partial charge in [-0.05, 0) is 6.42 Å². The number of aromatic nitrogens is 1. The quantitative estimate of drug-likeness (QED) is 0.788. The Bertz CT molecular complexity index is 385. The fraction of sp³-hybridized carbons (Fsp3) is 0.571. The van der Waals surface area contributed by atoms with Gasteiger partial charge < -0.3 is 5.73 Å². The number of nitrogens with one attached hydrogen (secondary N) is 1. The Morgan fingerprint density at radius 3 is 2.86 bits per heavy atom. The summed E-state index contributed by atoms with van der Waals surface area (Å²) in [6, 6.07) is 0. The van der Waals surface area contributed by atoms with E-state index < -0.39 is 10.0 Å². The number of anilines is 1. The topological polar surface area (TPSA) is 85.1 Å². The minimum absolute atomic E-state index is 0.116. The summed E-state index contributed by atoms with van der Waals surface area (Å²) < 4.78 is 25.0. The fourth-order valence-corrected chi connectivity index (χ4v) is 2.99. The second-order valence-electron chi connectivity index (χ2n) is 2.77. The van der Waals surface area contributed by atoms with Gasteiger partial charge in [-0.15, -0.1) is 11.3 Å². The molecule has 0 aliphatic carbocycles. The lowest BCUT2D eigenvalue weighted by molar-refractivity contribution is 0.600. The highest BCUT2D eigenvalue weighted by Gasteiger charge is 2.10. The largest absolute Gasteiger partial charge is 0.325 e. The second kappa shape index (κ2) is 4.72. The Balaban J connectivity index is 2.69. The number of rotatable bonds is 5. The number of hydrogen-bond acceptors (Lipinski definition) is 5. The predicted octanol–water partition coefficient (Wildman–Crippen LogP) is 0.754. The monoisotopic (exact) mass is 235 g/mol. The Morgan fingerprint density at radius 1 is 1.64 bits per heavy atom. The molecule has 0 bridgehead atoms. The summed E-state index contributed by atoms with van der Waals surface area (Å²) in [5, 5.41) is 2.13. The minimum atomic E-state index is -3.22. The van der Waals surface area contributed by atoms with Gasteiger partial charge in [0.1, 0.15) is 0 Å². The van der Waals surface area contributed by atoms with E-state index in [2.05, 4.69) is 9.71 Å². The van der Waals surface area contributed by atoms with E-state index in [0.29, 0.717) is 23.8 Å². The first-order chi connectivity index (χ1) is 6.57. The second-order valence-corrected chi connectivity index (χ2v) is 5.47. The van der Waals surface area contributed by atoms with E-state index in [1.54, 1.807) is 5.38 Å². The van der Waals surface area contributed by atoms with E-state index in [1.807, 2.05) is 6.92 Å². The van der Waals surface area contributed by atoms with E-state index in [4.69, 9.17) is 5.73 Å². The molecule has 1 aromatic heterocycles. The van der Waals surface area contributed by atoms with E-state index in [-0.39, 0.29) is 5.75 Å². The molecule has 0 aromatic carbocycles. The van der Waals surface area contributed by atoms with E-state index >= 15 is 0 Å². The molecule has 14 heavy (non-hydrogen) atoms. The standard InChI is InChI=1S/C7H13N3O2S2/c1-2-3-14(11,12)10-7-9-6(4-8)5-13-7/h5H,2-4,8H2,1H3,(H,9,10). The zero-order chi connectivity index (χ0) is 10.6. The van der Waals surface area contributed by atoms with Crippen molar-refractivity contribution in [2.45, 2.75) is 19.9 Å². The zero-order valence-corrected chi connectivity index (χ0v) is 9.49. The van der Waals surface area contributed by atoms with Gasteiger partial charge in [0.05, 0.1) is 11.4 Å². The van der Waals surface area contributed by atoms with Gasteiger partial charge in [0.15, 0.2) is 5.13 Å². The van der Waals surface area contributed by atoms with Gasteiger partial charge in [-0.2, -0.15) is 0 Å². The first-order valence-electron chi connectivity index (χ1n) is 4.22. The van der Waals surface area contributed by atoms with Gasteiger partial charge in [0.25, 0.3) is 0 Å². The van der Waals surface area contributed by atoms with Crippen molar-refractivity contribution in [3.05, 3.63) is 11.1 Å². The first-order valence-corrected chi connectivity index (χ1v) is 6.75. The number of hydrogen-bond donors (Lipinski definition) is 2. The van der Waals surface area contributed by atoms with Gasteiger partial charge in [-0.25, -0.2) is 13.4 Å². The highest BCUT2D eigenvalue weighted by molar-refractivity contribution is 7.92. The molecule has 0 unspecified atom stereocenters. The molecular formula is C7H13N3O2S2. The first kappa shape index (κ1) is 11.4. The molecule has 0 radical (unpaired) electrons. The highest BCUT2D eigenvalue weighted by atomic mass is 32.2. The molecule has 0 fully saturated rings. The molecule has 0 saturated heterocycles. The molecule has 1 aromatic rings. The SMILES string of the molecule is CCCS(=O)(=O)Nc1nc(CN)cs1. The Kier molecular flexibility index (Phi) is 3.85. The van der Waals surface area contributed by atoms with Crippen molar-refractivity contribution in [3.8, 4) is 0 Å². The lowest BCUT2D eigenvalue weighted by Crippen LogP contribution is -2.16. The van der Waals surface area contributed by atoms with Crippen molar-refractivity contribution >= 4 is 26.5 Å². The van der Waals surface area contributed by atoms with Crippen molar-refractivity contribution in [1.82, 2.24) is 4.98 Å². The van der Waals surface area contributed by atoms with Crippen molar-refractivity contribution in [3.63, 3.8) is 0 Å². The van der Waals surface area contributed by atoms with Crippen LogP contribution in [0.3, 0.4) is 0 Å². The van der Waals surface area contributed by atoms with Crippen molar-refractivity contribution in [1.29, 1.82) is 0 Å². The smallest absolute Gasteiger partial charge is 0.234 e. The molecule has 5 nitrogen and oxygen atoms in total. The van der Waals surface area contributed by atoms with Crippen LogP contribution in [0.2, 0.25) is 0 Å². The molecule has 0 atom stereocenters. The summed E-state index contributed by atoms with van der Waals surface area (Å²) in [6.07, 6.45) is 0.588. The van der Waals surface area contributed by atoms with Crippen LogP contribution < -0.4 is 10.5 Å². The van der Waals surface area contributed by atoms with Crippen molar-refractivity contribution in [2.75, 3.05) is 10.5 Å². The van der Waals surface area contributed by atoms with E-state index in [9.17, 15) is 8.42 Å². The Hall–Kier alpha value is -0.660. The van der Waals surface area contributed by atoms with E-state index in [1.165, 1.54) is 11.3 Å². The molecule has 0 aliphatic heterocycles. The molecule has 0 aliphatic rings. The van der Waals surface area contributed by atoms with Gasteiger partial charge in [0, 0.05) is 11.9 Å². The Morgan fingerprint density at radius 2 is 2.36 bits per heavy atom. The fourth-order valence-electron chi connectivity index (χ4n) is 0.900. The number of thiazole rings is 1. The number of nitrogens with zero attached hydrogens (tertiary/aromatic N) is 1. The maximum absolute atomic E-state index is 11.3. The van der Waals surface area contributed by atoms with Crippen molar-refractivity contribution in [2.24, 2.45) is 5.73 Å². The summed E-state index contributed by atoms with van der Waals surface area (Å²) in [4.78, 5) is 4.00. The average Bonchev–Trinajstić information content (AvgIpc) is 2.51. The molecule has 1 rings (SSSR count). The third-order valence-corrected chi connectivity index (χ3v) is 3.86. The van der Waals surface area contributed by atoms with Crippen LogP contribution in [0.1, 0.15) is 19.0 Å².